The molecule has 0 spiro atoms. The molecule has 1 atom stereocenters. The van der Waals surface area contributed by atoms with Gasteiger partial charge in [-0.1, -0.05) is 36.4 Å². The van der Waals surface area contributed by atoms with Crippen LogP contribution in [0.1, 0.15) is 17.5 Å². The third-order valence-electron chi connectivity index (χ3n) is 5.86. The zero-order valence-electron chi connectivity index (χ0n) is 18.0. The van der Waals surface area contributed by atoms with Gasteiger partial charge in [0, 0.05) is 31.6 Å². The van der Waals surface area contributed by atoms with E-state index in [1.165, 1.54) is 16.4 Å². The van der Waals surface area contributed by atoms with Crippen molar-refractivity contribution in [3.63, 3.8) is 0 Å². The summed E-state index contributed by atoms with van der Waals surface area (Å²) < 4.78 is 65.7. The highest BCUT2D eigenvalue weighted by Crippen LogP contribution is 2.33. The van der Waals surface area contributed by atoms with Gasteiger partial charge in [0.25, 0.3) is 5.91 Å². The van der Waals surface area contributed by atoms with E-state index in [9.17, 15) is 31.2 Å². The molecule has 0 N–H and O–H groups in total. The zero-order chi connectivity index (χ0) is 24.5. The summed E-state index contributed by atoms with van der Waals surface area (Å²) in [6, 6.07) is 12.2. The van der Waals surface area contributed by atoms with Crippen molar-refractivity contribution < 1.29 is 31.2 Å². The topological polar surface area (TPSA) is 78.0 Å². The third-order valence-corrected chi connectivity index (χ3v) is 7.43. The smallest absolute Gasteiger partial charge is 0.289 e. The fraction of sp³-hybridized carbons (Fsp3) is 0.304. The standard InChI is InChI=1S/C23H22F3N3O4S/c24-23(25,26)18-7-4-8-19(15-18)29-21(30)16-20(22(29)31)27-10-12-28(13-11-27)34(32,33)14-9-17-5-2-1-3-6-17/h1-9,14-15,20H,10-13,16H2/b14-9+/t20-/m0/s1. The van der Waals surface area contributed by atoms with Gasteiger partial charge < -0.3 is 0 Å². The quantitative estimate of drug-likeness (QED) is 0.599. The van der Waals surface area contributed by atoms with Gasteiger partial charge in [-0.2, -0.15) is 17.5 Å². The molecule has 2 saturated heterocycles. The van der Waals surface area contributed by atoms with Gasteiger partial charge in [-0.05, 0) is 29.8 Å². The number of hydrogen-bond acceptors (Lipinski definition) is 5. The van der Waals surface area contributed by atoms with Crippen LogP contribution in [0.4, 0.5) is 18.9 Å². The van der Waals surface area contributed by atoms with Crippen molar-refractivity contribution in [2.24, 2.45) is 0 Å². The Bertz CT molecular complexity index is 1210. The lowest BCUT2D eigenvalue weighted by Crippen LogP contribution is -2.53. The molecule has 2 aromatic carbocycles. The number of hydrogen-bond donors (Lipinski definition) is 0. The van der Waals surface area contributed by atoms with E-state index in [4.69, 9.17) is 0 Å². The number of sulfonamides is 1. The lowest BCUT2D eigenvalue weighted by molar-refractivity contribution is -0.137. The van der Waals surface area contributed by atoms with Gasteiger partial charge in [-0.3, -0.25) is 14.5 Å². The van der Waals surface area contributed by atoms with Crippen molar-refractivity contribution in [2.45, 2.75) is 18.6 Å². The number of benzene rings is 2. The molecule has 2 amide bonds. The van der Waals surface area contributed by atoms with Crippen LogP contribution in [0.15, 0.2) is 60.0 Å². The van der Waals surface area contributed by atoms with Crippen LogP contribution in [0.25, 0.3) is 6.08 Å². The van der Waals surface area contributed by atoms with Crippen molar-refractivity contribution in [1.82, 2.24) is 9.21 Å². The molecule has 7 nitrogen and oxygen atoms in total. The summed E-state index contributed by atoms with van der Waals surface area (Å²) in [5, 5.41) is 1.14. The molecule has 2 fully saturated rings. The SMILES string of the molecule is O=C1C[C@H](N2CCN(S(=O)(=O)/C=C/c3ccccc3)CC2)C(=O)N1c1cccc(C(F)(F)F)c1. The van der Waals surface area contributed by atoms with Crippen LogP contribution >= 0.6 is 0 Å². The van der Waals surface area contributed by atoms with E-state index in [0.717, 1.165) is 34.1 Å². The van der Waals surface area contributed by atoms with Crippen molar-refractivity contribution in [3.05, 3.63) is 71.1 Å². The van der Waals surface area contributed by atoms with Gasteiger partial charge in [-0.15, -0.1) is 0 Å². The molecule has 0 radical (unpaired) electrons. The summed E-state index contributed by atoms with van der Waals surface area (Å²) in [5.74, 6) is -1.19. The number of halogens is 3. The van der Waals surface area contributed by atoms with Crippen LogP contribution < -0.4 is 4.90 Å². The molecule has 2 aliphatic rings. The second-order valence-corrected chi connectivity index (χ2v) is 9.85. The van der Waals surface area contributed by atoms with E-state index in [0.29, 0.717) is 0 Å². The van der Waals surface area contributed by atoms with Crippen LogP contribution in [0.3, 0.4) is 0 Å². The Morgan fingerprint density at radius 2 is 1.59 bits per heavy atom. The summed E-state index contributed by atoms with van der Waals surface area (Å²) in [6.07, 6.45) is -3.26. The predicted molar refractivity (Wildman–Crippen MR) is 120 cm³/mol. The first-order chi connectivity index (χ1) is 16.1. The van der Waals surface area contributed by atoms with E-state index < -0.39 is 39.6 Å². The van der Waals surface area contributed by atoms with Crippen LogP contribution in [0.2, 0.25) is 0 Å². The number of carbonyl (C=O) groups is 2. The van der Waals surface area contributed by atoms with E-state index in [1.54, 1.807) is 29.2 Å². The molecule has 0 bridgehead atoms. The van der Waals surface area contributed by atoms with Crippen LogP contribution in [0.5, 0.6) is 0 Å². The van der Waals surface area contributed by atoms with Crippen molar-refractivity contribution in [2.75, 3.05) is 31.1 Å². The average molecular weight is 494 g/mol. The fourth-order valence-corrected chi connectivity index (χ4v) is 5.25. The largest absolute Gasteiger partial charge is 0.416 e. The summed E-state index contributed by atoms with van der Waals surface area (Å²) in [7, 11) is -3.67. The first-order valence-corrected chi connectivity index (χ1v) is 12.1. The monoisotopic (exact) mass is 493 g/mol. The zero-order valence-corrected chi connectivity index (χ0v) is 18.8. The Balaban J connectivity index is 1.42. The number of anilines is 1. The highest BCUT2D eigenvalue weighted by Gasteiger charge is 2.44. The molecule has 2 aliphatic heterocycles. The lowest BCUT2D eigenvalue weighted by Gasteiger charge is -2.35. The normalized spacial score (nSPS) is 21.0. The lowest BCUT2D eigenvalue weighted by atomic mass is 10.1. The molecule has 180 valence electrons. The van der Waals surface area contributed by atoms with Gasteiger partial charge in [0.1, 0.15) is 0 Å². The number of imide groups is 1. The summed E-state index contributed by atoms with van der Waals surface area (Å²) >= 11 is 0. The highest BCUT2D eigenvalue weighted by atomic mass is 32.2. The maximum absolute atomic E-state index is 13.0. The van der Waals surface area contributed by atoms with Gasteiger partial charge >= 0.3 is 6.18 Å². The van der Waals surface area contributed by atoms with Crippen LogP contribution in [-0.4, -0.2) is 61.7 Å². The number of alkyl halides is 3. The van der Waals surface area contributed by atoms with E-state index in [1.807, 2.05) is 6.07 Å². The molecule has 2 heterocycles. The number of amides is 2. The van der Waals surface area contributed by atoms with Crippen molar-refractivity contribution >= 4 is 33.6 Å². The first kappa shape index (κ1) is 24.1. The van der Waals surface area contributed by atoms with Gasteiger partial charge in [0.15, 0.2) is 0 Å². The van der Waals surface area contributed by atoms with Crippen LogP contribution in [0, 0.1) is 0 Å². The number of piperazine rings is 1. The van der Waals surface area contributed by atoms with Crippen LogP contribution in [-0.2, 0) is 25.8 Å². The first-order valence-electron chi connectivity index (χ1n) is 10.6. The van der Waals surface area contributed by atoms with Gasteiger partial charge in [0.2, 0.25) is 15.9 Å². The molecule has 0 saturated carbocycles. The summed E-state index contributed by atoms with van der Waals surface area (Å²) in [4.78, 5) is 28.0. The molecular weight excluding hydrogens is 471 g/mol. The predicted octanol–water partition coefficient (Wildman–Crippen LogP) is 2.96. The fourth-order valence-electron chi connectivity index (χ4n) is 4.08. The number of nitrogens with zero attached hydrogens (tertiary/aromatic N) is 3. The average Bonchev–Trinajstić information content (AvgIpc) is 3.12. The Kier molecular flexibility index (Phi) is 6.61. The molecule has 4 rings (SSSR count). The molecular formula is C23H22F3N3O4S. The summed E-state index contributed by atoms with van der Waals surface area (Å²) in [6.45, 7) is 0.697. The van der Waals surface area contributed by atoms with E-state index in [-0.39, 0.29) is 38.3 Å². The maximum Gasteiger partial charge on any atom is 0.416 e. The van der Waals surface area contributed by atoms with Gasteiger partial charge in [-0.25, -0.2) is 13.3 Å². The third kappa shape index (κ3) is 5.06. The minimum absolute atomic E-state index is 0.125. The molecule has 0 aromatic heterocycles. The minimum atomic E-state index is -4.60. The Morgan fingerprint density at radius 3 is 2.24 bits per heavy atom. The second-order valence-electron chi connectivity index (χ2n) is 8.03. The van der Waals surface area contributed by atoms with Crippen molar-refractivity contribution in [3.8, 4) is 0 Å². The van der Waals surface area contributed by atoms with E-state index >= 15 is 0 Å². The molecule has 0 unspecified atom stereocenters. The maximum atomic E-state index is 13.0. The number of rotatable bonds is 5. The second kappa shape index (κ2) is 9.32. The number of carbonyl (C=O) groups excluding carboxylic acids is 2. The van der Waals surface area contributed by atoms with E-state index in [2.05, 4.69) is 0 Å². The molecule has 0 aliphatic carbocycles. The minimum Gasteiger partial charge on any atom is -0.289 e. The highest BCUT2D eigenvalue weighted by molar-refractivity contribution is 7.92. The molecule has 2 aromatic rings. The Labute approximate surface area is 195 Å². The van der Waals surface area contributed by atoms with Crippen molar-refractivity contribution in [1.29, 1.82) is 0 Å². The summed E-state index contributed by atoms with van der Waals surface area (Å²) in [5.41, 5.74) is -0.328. The Morgan fingerprint density at radius 1 is 0.912 bits per heavy atom. The Hall–Kier alpha value is -3.02. The molecule has 11 heteroatoms. The van der Waals surface area contributed by atoms with Gasteiger partial charge in [0.05, 0.1) is 23.7 Å². The molecule has 34 heavy (non-hydrogen) atoms.